The molecular weight excluding hydrogens is 334 g/mol. The first-order valence-electron chi connectivity index (χ1n) is 8.52. The van der Waals surface area contributed by atoms with Gasteiger partial charge in [-0.25, -0.2) is 4.98 Å². The summed E-state index contributed by atoms with van der Waals surface area (Å²) in [6.45, 7) is 6.20. The van der Waals surface area contributed by atoms with Gasteiger partial charge < -0.3 is 9.80 Å². The summed E-state index contributed by atoms with van der Waals surface area (Å²) in [7, 11) is 4.23. The van der Waals surface area contributed by atoms with Crippen LogP contribution < -0.4 is 4.90 Å². The Hall–Kier alpha value is -2.03. The number of thiophene rings is 1. The molecule has 0 unspecified atom stereocenters. The smallest absolute Gasteiger partial charge is 0.256 e. The van der Waals surface area contributed by atoms with Gasteiger partial charge in [0.05, 0.1) is 0 Å². The number of hydrogen-bond donors (Lipinski definition) is 0. The Morgan fingerprint density at radius 2 is 2.04 bits per heavy atom. The average molecular weight is 357 g/mol. The van der Waals surface area contributed by atoms with Crippen molar-refractivity contribution in [2.45, 2.75) is 13.1 Å². The van der Waals surface area contributed by atoms with Gasteiger partial charge in [-0.2, -0.15) is 0 Å². The van der Waals surface area contributed by atoms with Gasteiger partial charge in [0, 0.05) is 50.3 Å². The summed E-state index contributed by atoms with van der Waals surface area (Å²) in [5, 5.41) is 10.3. The molecule has 1 fully saturated rings. The molecule has 4 rings (SSSR count). The molecule has 0 saturated carbocycles. The van der Waals surface area contributed by atoms with E-state index < -0.39 is 0 Å². The van der Waals surface area contributed by atoms with E-state index in [4.69, 9.17) is 0 Å². The Morgan fingerprint density at radius 3 is 2.84 bits per heavy atom. The Balaban J connectivity index is 1.37. The molecule has 8 heteroatoms. The molecule has 7 nitrogen and oxygen atoms in total. The van der Waals surface area contributed by atoms with E-state index in [1.54, 1.807) is 6.33 Å². The third-order valence-corrected chi connectivity index (χ3v) is 5.44. The van der Waals surface area contributed by atoms with Crippen molar-refractivity contribution >= 4 is 22.9 Å². The summed E-state index contributed by atoms with van der Waals surface area (Å²) in [5.41, 5.74) is 1.41. The first-order valence-corrected chi connectivity index (χ1v) is 9.40. The molecule has 25 heavy (non-hydrogen) atoms. The average Bonchev–Trinajstić information content (AvgIpc) is 3.24. The SMILES string of the molecule is CN(C)Cc1csc(CN2CCN(c3ccnc4nncn34)CC2)c1. The van der Waals surface area contributed by atoms with Crippen molar-refractivity contribution in [1.82, 2.24) is 29.4 Å². The molecule has 0 amide bonds. The summed E-state index contributed by atoms with van der Waals surface area (Å²) in [6.07, 6.45) is 3.55. The van der Waals surface area contributed by atoms with Gasteiger partial charge in [-0.15, -0.1) is 21.5 Å². The Kier molecular flexibility index (Phi) is 4.65. The second kappa shape index (κ2) is 7.07. The first-order chi connectivity index (χ1) is 12.2. The molecule has 3 aromatic rings. The molecule has 0 radical (unpaired) electrons. The quantitative estimate of drug-likeness (QED) is 0.691. The third-order valence-electron chi connectivity index (χ3n) is 4.47. The Morgan fingerprint density at radius 1 is 1.20 bits per heavy atom. The van der Waals surface area contributed by atoms with E-state index >= 15 is 0 Å². The van der Waals surface area contributed by atoms with Crippen LogP contribution in [-0.2, 0) is 13.1 Å². The highest BCUT2D eigenvalue weighted by Gasteiger charge is 2.20. The van der Waals surface area contributed by atoms with Gasteiger partial charge in [-0.05, 0) is 37.2 Å². The van der Waals surface area contributed by atoms with Crippen LogP contribution in [0, 0.1) is 0 Å². The summed E-state index contributed by atoms with van der Waals surface area (Å²) in [6, 6.07) is 4.39. The van der Waals surface area contributed by atoms with Crippen LogP contribution in [0.2, 0.25) is 0 Å². The minimum atomic E-state index is 0.659. The molecule has 0 aromatic carbocycles. The molecule has 1 aliphatic heterocycles. The van der Waals surface area contributed by atoms with Gasteiger partial charge in [0.1, 0.15) is 12.1 Å². The maximum atomic E-state index is 4.24. The lowest BCUT2D eigenvalue weighted by atomic mass is 10.2. The largest absolute Gasteiger partial charge is 0.355 e. The highest BCUT2D eigenvalue weighted by Crippen LogP contribution is 2.20. The topological polar surface area (TPSA) is 52.8 Å². The highest BCUT2D eigenvalue weighted by molar-refractivity contribution is 7.10. The van der Waals surface area contributed by atoms with E-state index in [-0.39, 0.29) is 0 Å². The van der Waals surface area contributed by atoms with E-state index in [1.807, 2.05) is 28.0 Å². The van der Waals surface area contributed by atoms with Crippen molar-refractivity contribution in [3.05, 3.63) is 40.5 Å². The Bertz CT molecular complexity index is 832. The fraction of sp³-hybridized carbons (Fsp3) is 0.471. The van der Waals surface area contributed by atoms with Crippen LogP contribution in [0.1, 0.15) is 10.4 Å². The van der Waals surface area contributed by atoms with Gasteiger partial charge in [0.25, 0.3) is 5.78 Å². The van der Waals surface area contributed by atoms with Crippen LogP contribution in [0.5, 0.6) is 0 Å². The molecular formula is C17H23N7S. The number of piperazine rings is 1. The molecule has 1 aliphatic rings. The van der Waals surface area contributed by atoms with Crippen LogP contribution in [0.15, 0.2) is 30.0 Å². The van der Waals surface area contributed by atoms with Crippen molar-refractivity contribution < 1.29 is 0 Å². The number of aromatic nitrogens is 4. The predicted octanol–water partition coefficient (Wildman–Crippen LogP) is 1.57. The van der Waals surface area contributed by atoms with Gasteiger partial charge in [0.2, 0.25) is 0 Å². The second-order valence-electron chi connectivity index (χ2n) is 6.73. The zero-order valence-corrected chi connectivity index (χ0v) is 15.5. The van der Waals surface area contributed by atoms with Gasteiger partial charge in [0.15, 0.2) is 0 Å². The fourth-order valence-corrected chi connectivity index (χ4v) is 4.22. The summed E-state index contributed by atoms with van der Waals surface area (Å²) >= 11 is 1.87. The van der Waals surface area contributed by atoms with Crippen LogP contribution in [0.4, 0.5) is 5.82 Å². The van der Waals surface area contributed by atoms with Crippen molar-refractivity contribution in [1.29, 1.82) is 0 Å². The third kappa shape index (κ3) is 3.65. The number of hydrogen-bond acceptors (Lipinski definition) is 7. The van der Waals surface area contributed by atoms with E-state index in [0.717, 1.165) is 45.1 Å². The first kappa shape index (κ1) is 16.4. The standard InChI is InChI=1S/C17H23N7S/c1-21(2)10-14-9-15(25-12-14)11-22-5-7-23(8-6-22)16-3-4-18-17-20-19-13-24(16)17/h3-4,9,12-13H,5-8,10-11H2,1-2H3. The van der Waals surface area contributed by atoms with Gasteiger partial charge in [-0.1, -0.05) is 0 Å². The van der Waals surface area contributed by atoms with Crippen LogP contribution in [0.3, 0.4) is 0 Å². The monoisotopic (exact) mass is 357 g/mol. The van der Waals surface area contributed by atoms with Crippen LogP contribution >= 0.6 is 11.3 Å². The minimum Gasteiger partial charge on any atom is -0.355 e. The van der Waals surface area contributed by atoms with Gasteiger partial charge in [-0.3, -0.25) is 9.30 Å². The van der Waals surface area contributed by atoms with Crippen molar-refractivity contribution in [3.63, 3.8) is 0 Å². The normalized spacial score (nSPS) is 16.2. The molecule has 0 spiro atoms. The van der Waals surface area contributed by atoms with Gasteiger partial charge >= 0.3 is 0 Å². The molecule has 3 aromatic heterocycles. The number of anilines is 1. The lowest BCUT2D eigenvalue weighted by molar-refractivity contribution is 0.251. The fourth-order valence-electron chi connectivity index (χ4n) is 3.30. The van der Waals surface area contributed by atoms with Crippen molar-refractivity contribution in [2.75, 3.05) is 45.2 Å². The molecule has 0 bridgehead atoms. The summed E-state index contributed by atoms with van der Waals surface area (Å²) < 4.78 is 1.96. The Labute approximate surface area is 151 Å². The summed E-state index contributed by atoms with van der Waals surface area (Å²) in [4.78, 5) is 12.8. The number of nitrogens with zero attached hydrogens (tertiary/aromatic N) is 7. The maximum Gasteiger partial charge on any atom is 0.256 e. The second-order valence-corrected chi connectivity index (χ2v) is 7.72. The number of fused-ring (bicyclic) bond motifs is 1. The van der Waals surface area contributed by atoms with Crippen molar-refractivity contribution in [2.24, 2.45) is 0 Å². The predicted molar refractivity (Wildman–Crippen MR) is 100.0 cm³/mol. The van der Waals surface area contributed by atoms with E-state index in [2.05, 4.69) is 55.4 Å². The molecule has 0 N–H and O–H groups in total. The molecule has 0 atom stereocenters. The van der Waals surface area contributed by atoms with Crippen molar-refractivity contribution in [3.8, 4) is 0 Å². The maximum absolute atomic E-state index is 4.24. The van der Waals surface area contributed by atoms with E-state index in [0.29, 0.717) is 5.78 Å². The zero-order valence-electron chi connectivity index (χ0n) is 14.7. The number of rotatable bonds is 5. The van der Waals surface area contributed by atoms with E-state index in [9.17, 15) is 0 Å². The lowest BCUT2D eigenvalue weighted by Gasteiger charge is -2.35. The molecule has 4 heterocycles. The minimum absolute atomic E-state index is 0.659. The van der Waals surface area contributed by atoms with Crippen LogP contribution in [-0.4, -0.2) is 69.7 Å². The molecule has 0 aliphatic carbocycles. The molecule has 1 saturated heterocycles. The zero-order chi connectivity index (χ0) is 17.2. The van der Waals surface area contributed by atoms with Crippen LogP contribution in [0.25, 0.3) is 5.78 Å². The highest BCUT2D eigenvalue weighted by atomic mass is 32.1. The lowest BCUT2D eigenvalue weighted by Crippen LogP contribution is -2.46. The molecule has 132 valence electrons. The summed E-state index contributed by atoms with van der Waals surface area (Å²) in [5.74, 6) is 1.78. The van der Waals surface area contributed by atoms with E-state index in [1.165, 1.54) is 10.4 Å².